The highest BCUT2D eigenvalue weighted by Crippen LogP contribution is 2.20. The Kier molecular flexibility index (Phi) is 2.11. The van der Waals surface area contributed by atoms with Gasteiger partial charge in [-0.2, -0.15) is 5.26 Å². The average molecular weight is 167 g/mol. The van der Waals surface area contributed by atoms with E-state index >= 15 is 0 Å². The molecule has 0 N–H and O–H groups in total. The monoisotopic (exact) mass is 166 g/mol. The molecule has 11 heavy (non-hydrogen) atoms. The van der Waals surface area contributed by atoms with Crippen molar-refractivity contribution in [3.05, 3.63) is 28.0 Å². The Morgan fingerprint density at radius 3 is 2.73 bits per heavy atom. The molecule has 0 saturated carbocycles. The van der Waals surface area contributed by atoms with Crippen molar-refractivity contribution in [3.8, 4) is 6.07 Å². The Morgan fingerprint density at radius 2 is 2.18 bits per heavy atom. The number of pyridine rings is 1. The van der Waals surface area contributed by atoms with E-state index in [-0.39, 0.29) is 0 Å². The van der Waals surface area contributed by atoms with Gasteiger partial charge in [0.15, 0.2) is 0 Å². The van der Waals surface area contributed by atoms with Crippen molar-refractivity contribution in [1.29, 1.82) is 5.26 Å². The van der Waals surface area contributed by atoms with Crippen LogP contribution >= 0.6 is 11.6 Å². The summed E-state index contributed by atoms with van der Waals surface area (Å²) in [7, 11) is 0. The van der Waals surface area contributed by atoms with Crippen molar-refractivity contribution in [2.75, 3.05) is 0 Å². The van der Waals surface area contributed by atoms with Gasteiger partial charge in [0.2, 0.25) is 0 Å². The van der Waals surface area contributed by atoms with Crippen molar-refractivity contribution in [2.45, 2.75) is 13.8 Å². The number of aryl methyl sites for hydroxylation is 1. The van der Waals surface area contributed by atoms with Gasteiger partial charge in [-0.25, -0.2) is 0 Å². The van der Waals surface area contributed by atoms with Gasteiger partial charge < -0.3 is 0 Å². The zero-order chi connectivity index (χ0) is 8.43. The molecule has 0 aromatic carbocycles. The quantitative estimate of drug-likeness (QED) is 0.593. The van der Waals surface area contributed by atoms with Crippen LogP contribution in [0.15, 0.2) is 6.20 Å². The van der Waals surface area contributed by atoms with Gasteiger partial charge in [0, 0.05) is 11.9 Å². The number of aromatic nitrogens is 1. The standard InChI is InChI=1S/C8H7ClN2/c1-5-6(2)11-4-7(3-10)8(5)9/h4H,1-2H3. The lowest BCUT2D eigenvalue weighted by atomic mass is 10.2. The van der Waals surface area contributed by atoms with Gasteiger partial charge in [-0.15, -0.1) is 0 Å². The van der Waals surface area contributed by atoms with E-state index < -0.39 is 0 Å². The molecule has 0 spiro atoms. The maximum atomic E-state index is 8.56. The third-order valence-electron chi connectivity index (χ3n) is 1.62. The van der Waals surface area contributed by atoms with E-state index in [0.29, 0.717) is 10.6 Å². The average Bonchev–Trinajstić information content (AvgIpc) is 2.01. The van der Waals surface area contributed by atoms with Crippen molar-refractivity contribution in [2.24, 2.45) is 0 Å². The molecule has 0 aliphatic rings. The van der Waals surface area contributed by atoms with E-state index in [1.54, 1.807) is 0 Å². The molecular weight excluding hydrogens is 160 g/mol. The third-order valence-corrected chi connectivity index (χ3v) is 2.10. The topological polar surface area (TPSA) is 36.7 Å². The van der Waals surface area contributed by atoms with E-state index in [9.17, 15) is 0 Å². The van der Waals surface area contributed by atoms with E-state index in [1.165, 1.54) is 6.20 Å². The molecule has 1 rings (SSSR count). The molecule has 3 heteroatoms. The summed E-state index contributed by atoms with van der Waals surface area (Å²) in [6.45, 7) is 3.72. The summed E-state index contributed by atoms with van der Waals surface area (Å²) >= 11 is 5.84. The van der Waals surface area contributed by atoms with Crippen LogP contribution in [-0.4, -0.2) is 4.98 Å². The van der Waals surface area contributed by atoms with Gasteiger partial charge in [0.25, 0.3) is 0 Å². The van der Waals surface area contributed by atoms with Crippen molar-refractivity contribution in [1.82, 2.24) is 4.98 Å². The molecule has 1 aromatic heterocycles. The van der Waals surface area contributed by atoms with Gasteiger partial charge in [-0.3, -0.25) is 4.98 Å². The minimum absolute atomic E-state index is 0.440. The molecule has 0 atom stereocenters. The Bertz CT molecular complexity index is 326. The molecule has 0 bridgehead atoms. The highest BCUT2D eigenvalue weighted by molar-refractivity contribution is 6.32. The van der Waals surface area contributed by atoms with Crippen LogP contribution in [0.3, 0.4) is 0 Å². The van der Waals surface area contributed by atoms with Crippen molar-refractivity contribution >= 4 is 11.6 Å². The summed E-state index contributed by atoms with van der Waals surface area (Å²) in [6.07, 6.45) is 1.49. The van der Waals surface area contributed by atoms with Crippen molar-refractivity contribution < 1.29 is 0 Å². The third kappa shape index (κ3) is 1.33. The Labute approximate surface area is 70.4 Å². The molecule has 56 valence electrons. The lowest BCUT2D eigenvalue weighted by Crippen LogP contribution is -1.90. The number of hydrogen-bond donors (Lipinski definition) is 0. The summed E-state index contributed by atoms with van der Waals surface area (Å²) in [5.74, 6) is 0. The van der Waals surface area contributed by atoms with E-state index in [1.807, 2.05) is 19.9 Å². The van der Waals surface area contributed by atoms with E-state index in [4.69, 9.17) is 16.9 Å². The largest absolute Gasteiger partial charge is 0.260 e. The van der Waals surface area contributed by atoms with Gasteiger partial charge in [-0.05, 0) is 19.4 Å². The molecule has 1 heterocycles. The van der Waals surface area contributed by atoms with Gasteiger partial charge in [0.05, 0.1) is 10.6 Å². The second kappa shape index (κ2) is 2.89. The molecule has 0 aliphatic heterocycles. The first kappa shape index (κ1) is 8.03. The molecule has 0 saturated heterocycles. The summed E-state index contributed by atoms with van der Waals surface area (Å²) in [4.78, 5) is 4.00. The molecule has 0 amide bonds. The smallest absolute Gasteiger partial charge is 0.102 e. The van der Waals surface area contributed by atoms with Crippen LogP contribution in [0.2, 0.25) is 5.02 Å². The molecule has 0 fully saturated rings. The van der Waals surface area contributed by atoms with Crippen LogP contribution in [0.4, 0.5) is 0 Å². The number of nitrogens with zero attached hydrogens (tertiary/aromatic N) is 2. The zero-order valence-electron chi connectivity index (χ0n) is 6.35. The Balaban J connectivity index is 3.40. The fourth-order valence-electron chi connectivity index (χ4n) is 0.754. The number of hydrogen-bond acceptors (Lipinski definition) is 2. The lowest BCUT2D eigenvalue weighted by Gasteiger charge is -2.01. The summed E-state index contributed by atoms with van der Waals surface area (Å²) in [5, 5.41) is 9.07. The van der Waals surface area contributed by atoms with Crippen LogP contribution < -0.4 is 0 Å². The van der Waals surface area contributed by atoms with E-state index in [0.717, 1.165) is 11.3 Å². The van der Waals surface area contributed by atoms with Crippen LogP contribution in [0.1, 0.15) is 16.8 Å². The van der Waals surface area contributed by atoms with Gasteiger partial charge >= 0.3 is 0 Å². The number of rotatable bonds is 0. The predicted molar refractivity (Wildman–Crippen MR) is 43.4 cm³/mol. The van der Waals surface area contributed by atoms with Gasteiger partial charge in [0.1, 0.15) is 6.07 Å². The summed E-state index contributed by atoms with van der Waals surface area (Å²) in [5.41, 5.74) is 2.19. The van der Waals surface area contributed by atoms with Crippen LogP contribution in [0.25, 0.3) is 0 Å². The van der Waals surface area contributed by atoms with Crippen LogP contribution in [-0.2, 0) is 0 Å². The van der Waals surface area contributed by atoms with Crippen molar-refractivity contribution in [3.63, 3.8) is 0 Å². The minimum Gasteiger partial charge on any atom is -0.260 e. The second-order valence-electron chi connectivity index (χ2n) is 2.31. The maximum absolute atomic E-state index is 8.56. The van der Waals surface area contributed by atoms with Gasteiger partial charge in [-0.1, -0.05) is 11.6 Å². The predicted octanol–water partition coefficient (Wildman–Crippen LogP) is 2.22. The minimum atomic E-state index is 0.440. The molecule has 0 aliphatic carbocycles. The highest BCUT2D eigenvalue weighted by atomic mass is 35.5. The number of nitriles is 1. The number of halogens is 1. The van der Waals surface area contributed by atoms with E-state index in [2.05, 4.69) is 4.98 Å². The Morgan fingerprint density at radius 1 is 1.55 bits per heavy atom. The molecule has 0 radical (unpaired) electrons. The van der Waals surface area contributed by atoms with Crippen LogP contribution in [0, 0.1) is 25.2 Å². The molecule has 1 aromatic rings. The SMILES string of the molecule is Cc1ncc(C#N)c(Cl)c1C. The first-order valence-corrected chi connectivity index (χ1v) is 3.56. The lowest BCUT2D eigenvalue weighted by molar-refractivity contribution is 1.14. The maximum Gasteiger partial charge on any atom is 0.102 e. The summed E-state index contributed by atoms with van der Waals surface area (Å²) in [6, 6.07) is 1.97. The Hall–Kier alpha value is -1.07. The second-order valence-corrected chi connectivity index (χ2v) is 2.69. The first-order chi connectivity index (χ1) is 5.16. The highest BCUT2D eigenvalue weighted by Gasteiger charge is 2.04. The molecule has 0 unspecified atom stereocenters. The first-order valence-electron chi connectivity index (χ1n) is 3.18. The summed E-state index contributed by atoms with van der Waals surface area (Å²) < 4.78 is 0. The fraction of sp³-hybridized carbons (Fsp3) is 0.250. The molecular formula is C8H7ClN2. The normalized spacial score (nSPS) is 9.27. The molecule has 2 nitrogen and oxygen atoms in total. The fourth-order valence-corrected chi connectivity index (χ4v) is 0.981. The van der Waals surface area contributed by atoms with Crippen LogP contribution in [0.5, 0.6) is 0 Å². The zero-order valence-corrected chi connectivity index (χ0v) is 7.11.